The topological polar surface area (TPSA) is 108 Å². The monoisotopic (exact) mass is 500 g/mol. The number of imide groups is 1. The number of carbonyl (C=O) groups is 4. The number of ether oxygens (including phenoxy) is 1. The maximum Gasteiger partial charge on any atom is 0.255 e. The number of para-hydroxylation sites is 1. The van der Waals surface area contributed by atoms with Gasteiger partial charge in [0.1, 0.15) is 11.8 Å². The number of nitrogens with one attached hydrogen (secondary N) is 2. The molecule has 1 spiro atoms. The second kappa shape index (κ2) is 8.14. The van der Waals surface area contributed by atoms with Gasteiger partial charge in [-0.15, -0.1) is 0 Å². The number of fused-ring (bicyclic) bond motifs is 5. The molecule has 1 unspecified atom stereocenters. The average molecular weight is 501 g/mol. The summed E-state index contributed by atoms with van der Waals surface area (Å²) in [7, 11) is 0. The molecular weight excluding hydrogens is 472 g/mol. The van der Waals surface area contributed by atoms with Crippen molar-refractivity contribution in [1.29, 1.82) is 0 Å². The summed E-state index contributed by atoms with van der Waals surface area (Å²) in [5.41, 5.74) is 5.75. The van der Waals surface area contributed by atoms with E-state index in [2.05, 4.69) is 21.6 Å². The Morgan fingerprint density at radius 1 is 1.00 bits per heavy atom. The van der Waals surface area contributed by atoms with E-state index in [4.69, 9.17) is 4.74 Å². The van der Waals surface area contributed by atoms with Crippen molar-refractivity contribution in [2.24, 2.45) is 0 Å². The zero-order chi connectivity index (χ0) is 25.3. The highest BCUT2D eigenvalue weighted by Crippen LogP contribution is 2.49. The highest BCUT2D eigenvalue weighted by molar-refractivity contribution is 6.06. The fourth-order valence-corrected chi connectivity index (χ4v) is 6.73. The molecule has 4 amide bonds. The summed E-state index contributed by atoms with van der Waals surface area (Å²) in [6, 6.07) is 9.44. The molecule has 0 radical (unpaired) electrons. The van der Waals surface area contributed by atoms with Gasteiger partial charge >= 0.3 is 0 Å². The second-order valence-corrected chi connectivity index (χ2v) is 10.9. The van der Waals surface area contributed by atoms with Gasteiger partial charge in [-0.1, -0.05) is 24.3 Å². The Morgan fingerprint density at radius 3 is 2.65 bits per heavy atom. The number of benzene rings is 2. The van der Waals surface area contributed by atoms with Gasteiger partial charge in [0.2, 0.25) is 17.7 Å². The lowest BCUT2D eigenvalue weighted by Gasteiger charge is -2.38. The molecule has 0 aliphatic carbocycles. The van der Waals surface area contributed by atoms with Crippen molar-refractivity contribution in [2.75, 3.05) is 25.0 Å². The van der Waals surface area contributed by atoms with E-state index in [1.165, 1.54) is 0 Å². The van der Waals surface area contributed by atoms with Crippen molar-refractivity contribution in [3.8, 4) is 5.75 Å². The van der Waals surface area contributed by atoms with Crippen molar-refractivity contribution in [3.63, 3.8) is 0 Å². The highest BCUT2D eigenvalue weighted by Gasteiger charge is 2.47. The molecule has 0 aromatic heterocycles. The third-order valence-corrected chi connectivity index (χ3v) is 8.79. The van der Waals surface area contributed by atoms with Crippen LogP contribution in [-0.4, -0.2) is 59.2 Å². The van der Waals surface area contributed by atoms with E-state index in [9.17, 15) is 19.2 Å². The lowest BCUT2D eigenvalue weighted by molar-refractivity contribution is -0.137. The van der Waals surface area contributed by atoms with Crippen LogP contribution in [0.5, 0.6) is 5.75 Å². The molecule has 2 aromatic carbocycles. The first kappa shape index (κ1) is 22.5. The predicted octanol–water partition coefficient (Wildman–Crippen LogP) is 1.87. The van der Waals surface area contributed by atoms with Crippen molar-refractivity contribution in [2.45, 2.75) is 56.7 Å². The summed E-state index contributed by atoms with van der Waals surface area (Å²) >= 11 is 0. The van der Waals surface area contributed by atoms with Gasteiger partial charge in [-0.25, -0.2) is 0 Å². The summed E-state index contributed by atoms with van der Waals surface area (Å²) < 4.78 is 6.29. The zero-order valence-corrected chi connectivity index (χ0v) is 20.5. The zero-order valence-electron chi connectivity index (χ0n) is 20.5. The summed E-state index contributed by atoms with van der Waals surface area (Å²) in [5.74, 6) is 0.000499. The number of likely N-dealkylation sites (tertiary alicyclic amines) is 1. The number of hydrogen-bond donors (Lipinski definition) is 2. The van der Waals surface area contributed by atoms with Crippen LogP contribution in [0, 0.1) is 0 Å². The van der Waals surface area contributed by atoms with Crippen LogP contribution in [0.1, 0.15) is 58.3 Å². The quantitative estimate of drug-likeness (QED) is 0.623. The Labute approximate surface area is 214 Å². The number of anilines is 1. The van der Waals surface area contributed by atoms with Crippen LogP contribution in [0.4, 0.5) is 5.69 Å². The van der Waals surface area contributed by atoms with Crippen LogP contribution in [0.25, 0.3) is 0 Å². The first-order chi connectivity index (χ1) is 17.9. The fourth-order valence-electron chi connectivity index (χ4n) is 6.73. The van der Waals surface area contributed by atoms with Crippen LogP contribution < -0.4 is 15.4 Å². The van der Waals surface area contributed by atoms with Crippen molar-refractivity contribution < 1.29 is 23.9 Å². The average Bonchev–Trinajstić information content (AvgIpc) is 3.54. The molecule has 2 N–H and O–H groups in total. The van der Waals surface area contributed by atoms with Crippen LogP contribution in [0.3, 0.4) is 0 Å². The normalized spacial score (nSPS) is 24.0. The molecular formula is C28H28N4O5. The predicted molar refractivity (Wildman–Crippen MR) is 133 cm³/mol. The number of piperidine rings is 2. The largest absolute Gasteiger partial charge is 0.492 e. The van der Waals surface area contributed by atoms with Crippen LogP contribution >= 0.6 is 0 Å². The molecule has 2 fully saturated rings. The number of hydrogen-bond acceptors (Lipinski definition) is 6. The number of nitrogens with zero attached hydrogens (tertiary/aromatic N) is 2. The van der Waals surface area contributed by atoms with Gasteiger partial charge < -0.3 is 15.0 Å². The van der Waals surface area contributed by atoms with Gasteiger partial charge in [0.15, 0.2) is 0 Å². The molecule has 37 heavy (non-hydrogen) atoms. The number of carbonyl (C=O) groups excluding carboxylic acids is 4. The highest BCUT2D eigenvalue weighted by atomic mass is 16.5. The van der Waals surface area contributed by atoms with Crippen LogP contribution in [-0.2, 0) is 39.3 Å². The van der Waals surface area contributed by atoms with Gasteiger partial charge in [-0.2, -0.15) is 0 Å². The van der Waals surface area contributed by atoms with E-state index in [-0.39, 0.29) is 29.6 Å². The summed E-state index contributed by atoms with van der Waals surface area (Å²) in [5, 5.41) is 5.38. The third-order valence-electron chi connectivity index (χ3n) is 8.79. The van der Waals surface area contributed by atoms with Gasteiger partial charge in [0.25, 0.3) is 5.91 Å². The molecule has 190 valence electrons. The van der Waals surface area contributed by atoms with E-state index in [0.29, 0.717) is 31.6 Å². The van der Waals surface area contributed by atoms with E-state index in [1.54, 1.807) is 4.90 Å². The Morgan fingerprint density at radius 2 is 1.84 bits per heavy atom. The molecule has 5 heterocycles. The minimum Gasteiger partial charge on any atom is -0.492 e. The first-order valence-electron chi connectivity index (χ1n) is 13.0. The number of amides is 4. The molecule has 9 heteroatoms. The second-order valence-electron chi connectivity index (χ2n) is 10.9. The third kappa shape index (κ3) is 3.48. The van der Waals surface area contributed by atoms with Crippen molar-refractivity contribution >= 4 is 29.3 Å². The first-order valence-corrected chi connectivity index (χ1v) is 13.0. The fraction of sp³-hybridized carbons (Fsp3) is 0.429. The van der Waals surface area contributed by atoms with E-state index in [1.807, 2.05) is 24.3 Å². The van der Waals surface area contributed by atoms with Crippen molar-refractivity contribution in [3.05, 3.63) is 58.1 Å². The SMILES string of the molecule is O=C1CCC(N2Cc3c(ccc4c3OCC43CCN(Cc4cccc5c4NC(=O)C5)CC3)C2=O)C(=O)N1. The molecule has 5 aliphatic rings. The van der Waals surface area contributed by atoms with E-state index < -0.39 is 11.9 Å². The van der Waals surface area contributed by atoms with Crippen LogP contribution in [0.15, 0.2) is 30.3 Å². The number of rotatable bonds is 3. The lowest BCUT2D eigenvalue weighted by atomic mass is 9.74. The summed E-state index contributed by atoms with van der Waals surface area (Å²) in [4.78, 5) is 53.1. The smallest absolute Gasteiger partial charge is 0.255 e. The van der Waals surface area contributed by atoms with Gasteiger partial charge in [0.05, 0.1) is 19.6 Å². The molecule has 7 rings (SSSR count). The van der Waals surface area contributed by atoms with Crippen LogP contribution in [0.2, 0.25) is 0 Å². The molecule has 2 aromatic rings. The minimum absolute atomic E-state index is 0.0574. The Balaban J connectivity index is 1.08. The Hall–Kier alpha value is -3.72. The van der Waals surface area contributed by atoms with Gasteiger partial charge in [0, 0.05) is 40.8 Å². The molecule has 5 aliphatic heterocycles. The molecule has 9 nitrogen and oxygen atoms in total. The molecule has 2 saturated heterocycles. The molecule has 0 saturated carbocycles. The molecule has 0 bridgehead atoms. The Kier molecular flexibility index (Phi) is 4.95. The maximum absolute atomic E-state index is 13.2. The standard InChI is InChI=1S/C28H28N4O5/c33-22-7-6-21(26(35)30-22)32-14-19-18(27(32)36)4-5-20-25(19)37-15-28(20)8-10-31(11-9-28)13-17-3-1-2-16-12-23(34)29-24(16)17/h1-5,21H,6-15H2,(H,29,34)(H,30,33,35). The molecule has 1 atom stereocenters. The van der Waals surface area contributed by atoms with E-state index in [0.717, 1.165) is 66.2 Å². The summed E-state index contributed by atoms with van der Waals surface area (Å²) in [6.07, 6.45) is 2.94. The Bertz CT molecular complexity index is 1380. The van der Waals surface area contributed by atoms with Gasteiger partial charge in [-0.3, -0.25) is 29.4 Å². The van der Waals surface area contributed by atoms with E-state index >= 15 is 0 Å². The summed E-state index contributed by atoms with van der Waals surface area (Å²) in [6.45, 7) is 3.55. The van der Waals surface area contributed by atoms with Crippen molar-refractivity contribution in [1.82, 2.24) is 15.1 Å². The van der Waals surface area contributed by atoms with Gasteiger partial charge in [-0.05, 0) is 49.5 Å². The minimum atomic E-state index is -0.629. The lowest BCUT2D eigenvalue weighted by Crippen LogP contribution is -2.52. The maximum atomic E-state index is 13.2.